The Labute approximate surface area is 146 Å². The summed E-state index contributed by atoms with van der Waals surface area (Å²) in [6.07, 6.45) is 3.19. The largest absolute Gasteiger partial charge is 0.492 e. The Balaban J connectivity index is 1.89. The molecular formula is C17H23N3O3S. The zero-order valence-corrected chi connectivity index (χ0v) is 14.9. The zero-order valence-electron chi connectivity index (χ0n) is 14.1. The van der Waals surface area contributed by atoms with Crippen molar-refractivity contribution in [1.29, 1.82) is 0 Å². The van der Waals surface area contributed by atoms with E-state index in [4.69, 9.17) is 9.84 Å². The predicted octanol–water partition coefficient (Wildman–Crippen LogP) is 3.51. The van der Waals surface area contributed by atoms with Gasteiger partial charge in [-0.1, -0.05) is 37.2 Å². The van der Waals surface area contributed by atoms with Gasteiger partial charge in [0.05, 0.1) is 6.61 Å². The lowest BCUT2D eigenvalue weighted by molar-refractivity contribution is 0.0692. The zero-order chi connectivity index (χ0) is 17.4. The smallest absolute Gasteiger partial charge is 0.339 e. The van der Waals surface area contributed by atoms with Crippen LogP contribution in [0.25, 0.3) is 0 Å². The highest BCUT2D eigenvalue weighted by Crippen LogP contribution is 2.20. The molecule has 0 fully saturated rings. The number of carbonyl (C=O) groups is 1. The summed E-state index contributed by atoms with van der Waals surface area (Å²) >= 11 is 1.58. The molecule has 6 nitrogen and oxygen atoms in total. The minimum Gasteiger partial charge on any atom is -0.492 e. The predicted molar refractivity (Wildman–Crippen MR) is 93.9 cm³/mol. The highest BCUT2D eigenvalue weighted by Gasteiger charge is 2.12. The molecule has 7 heteroatoms. The monoisotopic (exact) mass is 349 g/mol. The number of hydrogen-bond acceptors (Lipinski definition) is 5. The fourth-order valence-electron chi connectivity index (χ4n) is 2.32. The molecule has 1 N–H and O–H groups in total. The first-order chi connectivity index (χ1) is 11.7. The van der Waals surface area contributed by atoms with Crippen LogP contribution in [-0.4, -0.2) is 38.2 Å². The van der Waals surface area contributed by atoms with E-state index in [1.807, 2.05) is 0 Å². The van der Waals surface area contributed by atoms with Crippen molar-refractivity contribution in [2.45, 2.75) is 44.8 Å². The van der Waals surface area contributed by atoms with E-state index in [1.165, 1.54) is 0 Å². The van der Waals surface area contributed by atoms with Crippen molar-refractivity contribution in [3.05, 3.63) is 35.7 Å². The van der Waals surface area contributed by atoms with Gasteiger partial charge in [-0.15, -0.1) is 10.2 Å². The molecule has 1 heterocycles. The third-order valence-electron chi connectivity index (χ3n) is 3.55. The molecule has 0 aliphatic heterocycles. The maximum absolute atomic E-state index is 11.1. The Morgan fingerprint density at radius 2 is 2.08 bits per heavy atom. The van der Waals surface area contributed by atoms with E-state index in [-0.39, 0.29) is 5.56 Å². The molecule has 2 rings (SSSR count). The molecule has 1 aromatic carbocycles. The molecule has 1 aromatic heterocycles. The fourth-order valence-corrected chi connectivity index (χ4v) is 3.16. The van der Waals surface area contributed by atoms with Gasteiger partial charge < -0.3 is 14.4 Å². The number of rotatable bonds is 10. The number of thioether (sulfide) groups is 1. The quantitative estimate of drug-likeness (QED) is 0.522. The molecule has 0 aliphatic rings. The van der Waals surface area contributed by atoms with Gasteiger partial charge in [0.1, 0.15) is 17.1 Å². The summed E-state index contributed by atoms with van der Waals surface area (Å²) in [7, 11) is 0. The number of carboxylic acids is 1. The van der Waals surface area contributed by atoms with Crippen molar-refractivity contribution < 1.29 is 14.6 Å². The number of aryl methyl sites for hydroxylation is 1. The molecule has 0 radical (unpaired) electrons. The van der Waals surface area contributed by atoms with Crippen molar-refractivity contribution in [2.75, 3.05) is 12.4 Å². The van der Waals surface area contributed by atoms with Gasteiger partial charge in [-0.25, -0.2) is 4.79 Å². The van der Waals surface area contributed by atoms with Gasteiger partial charge in [-0.2, -0.15) is 0 Å². The lowest BCUT2D eigenvalue weighted by Gasteiger charge is -2.09. The lowest BCUT2D eigenvalue weighted by Crippen LogP contribution is -2.07. The lowest BCUT2D eigenvalue weighted by atomic mass is 10.2. The van der Waals surface area contributed by atoms with Gasteiger partial charge in [0.25, 0.3) is 0 Å². The molecule has 0 bridgehead atoms. The number of hydrogen-bond donors (Lipinski definition) is 1. The maximum Gasteiger partial charge on any atom is 0.339 e. The summed E-state index contributed by atoms with van der Waals surface area (Å²) in [5.74, 6) is 1.12. The second kappa shape index (κ2) is 9.32. The van der Waals surface area contributed by atoms with Crippen molar-refractivity contribution in [3.8, 4) is 5.75 Å². The minimum absolute atomic E-state index is 0.182. The maximum atomic E-state index is 11.1. The van der Waals surface area contributed by atoms with Gasteiger partial charge in [0, 0.05) is 18.7 Å². The number of nitrogens with zero attached hydrogens (tertiary/aromatic N) is 3. The van der Waals surface area contributed by atoms with E-state index in [0.717, 1.165) is 36.8 Å². The number of unbranched alkanes of at least 4 members (excludes halogenated alkanes) is 1. The van der Waals surface area contributed by atoms with Gasteiger partial charge in [-0.05, 0) is 25.5 Å². The molecule has 2 aromatic rings. The molecule has 0 unspecified atom stereocenters. The highest BCUT2D eigenvalue weighted by atomic mass is 32.2. The van der Waals surface area contributed by atoms with Crippen LogP contribution in [0.3, 0.4) is 0 Å². The second-order valence-corrected chi connectivity index (χ2v) is 6.31. The van der Waals surface area contributed by atoms with Crippen molar-refractivity contribution in [1.82, 2.24) is 14.8 Å². The Morgan fingerprint density at radius 1 is 1.29 bits per heavy atom. The summed E-state index contributed by atoms with van der Waals surface area (Å²) in [6, 6.07) is 6.67. The number of ether oxygens (including phenoxy) is 1. The van der Waals surface area contributed by atoms with Crippen LogP contribution < -0.4 is 4.74 Å². The van der Waals surface area contributed by atoms with Crippen LogP contribution in [0.4, 0.5) is 0 Å². The topological polar surface area (TPSA) is 77.2 Å². The van der Waals surface area contributed by atoms with Crippen LogP contribution in [0, 0.1) is 0 Å². The SMILES string of the molecule is CCCCc1nnc(SCCOc2ccccc2C(=O)O)n1CC. The van der Waals surface area contributed by atoms with Gasteiger partial charge in [-0.3, -0.25) is 0 Å². The van der Waals surface area contributed by atoms with Gasteiger partial charge >= 0.3 is 5.97 Å². The molecule has 130 valence electrons. The van der Waals surface area contributed by atoms with E-state index in [9.17, 15) is 4.79 Å². The van der Waals surface area contributed by atoms with Crippen LogP contribution in [0.15, 0.2) is 29.4 Å². The van der Waals surface area contributed by atoms with Crippen molar-refractivity contribution >= 4 is 17.7 Å². The second-order valence-electron chi connectivity index (χ2n) is 5.24. The van der Waals surface area contributed by atoms with Crippen molar-refractivity contribution in [2.24, 2.45) is 0 Å². The summed E-state index contributed by atoms with van der Waals surface area (Å²) < 4.78 is 7.74. The molecule has 0 saturated heterocycles. The standard InChI is InChI=1S/C17H23N3O3S/c1-3-5-10-15-18-19-17(20(15)4-2)24-12-11-23-14-9-7-6-8-13(14)16(21)22/h6-9H,3-5,10-12H2,1-2H3,(H,21,22). The molecule has 0 atom stereocenters. The number of para-hydroxylation sites is 1. The first kappa shape index (κ1) is 18.3. The van der Waals surface area contributed by atoms with E-state index < -0.39 is 5.97 Å². The normalized spacial score (nSPS) is 10.8. The minimum atomic E-state index is -0.982. The molecule has 0 spiro atoms. The van der Waals surface area contributed by atoms with Gasteiger partial charge in [0.15, 0.2) is 5.16 Å². The van der Waals surface area contributed by atoms with Crippen LogP contribution in [0.5, 0.6) is 5.75 Å². The highest BCUT2D eigenvalue weighted by molar-refractivity contribution is 7.99. The van der Waals surface area contributed by atoms with Crippen LogP contribution in [-0.2, 0) is 13.0 Å². The van der Waals surface area contributed by atoms with Crippen LogP contribution in [0.1, 0.15) is 42.9 Å². The van der Waals surface area contributed by atoms with E-state index in [0.29, 0.717) is 18.1 Å². The Hall–Kier alpha value is -2.02. The van der Waals surface area contributed by atoms with Gasteiger partial charge in [0.2, 0.25) is 0 Å². The average Bonchev–Trinajstić information content (AvgIpc) is 2.98. The number of benzene rings is 1. The molecule has 24 heavy (non-hydrogen) atoms. The Bertz CT molecular complexity index is 673. The summed E-state index contributed by atoms with van der Waals surface area (Å²) in [4.78, 5) is 11.1. The molecular weight excluding hydrogens is 326 g/mol. The first-order valence-electron chi connectivity index (χ1n) is 8.17. The van der Waals surface area contributed by atoms with Crippen LogP contribution in [0.2, 0.25) is 0 Å². The molecule has 0 saturated carbocycles. The Kier molecular flexibility index (Phi) is 7.11. The number of aromatic nitrogens is 3. The van der Waals surface area contributed by atoms with E-state index >= 15 is 0 Å². The molecule has 0 aliphatic carbocycles. The molecule has 0 amide bonds. The summed E-state index contributed by atoms with van der Waals surface area (Å²) in [6.45, 7) is 5.50. The third-order valence-corrected chi connectivity index (χ3v) is 4.48. The third kappa shape index (κ3) is 4.74. The first-order valence-corrected chi connectivity index (χ1v) is 9.15. The van der Waals surface area contributed by atoms with Crippen molar-refractivity contribution in [3.63, 3.8) is 0 Å². The summed E-state index contributed by atoms with van der Waals surface area (Å²) in [5.41, 5.74) is 0.182. The number of carboxylic acid groups (broad SMARTS) is 1. The summed E-state index contributed by atoms with van der Waals surface area (Å²) in [5, 5.41) is 18.6. The fraction of sp³-hybridized carbons (Fsp3) is 0.471. The van der Waals surface area contributed by atoms with E-state index in [2.05, 4.69) is 28.6 Å². The number of aromatic carboxylic acids is 1. The van der Waals surface area contributed by atoms with E-state index in [1.54, 1.807) is 36.0 Å². The van der Waals surface area contributed by atoms with Crippen LogP contribution >= 0.6 is 11.8 Å². The average molecular weight is 349 g/mol. The Morgan fingerprint density at radius 3 is 2.79 bits per heavy atom.